The number of unbranched alkanes of at least 4 members (excludes halogenated alkanes) is 12. The van der Waals surface area contributed by atoms with Crippen LogP contribution in [0.1, 0.15) is 327 Å². The molecule has 2 aliphatic rings. The fourth-order valence-electron chi connectivity index (χ4n) is 22.6. The number of anilines is 6. The highest BCUT2D eigenvalue weighted by molar-refractivity contribution is 7.13. The predicted octanol–water partition coefficient (Wildman–Crippen LogP) is 43.2. The Morgan fingerprint density at radius 2 is 0.608 bits per heavy atom. The number of hydrogen-bond donors (Lipinski definition) is 0. The molecule has 148 heavy (non-hydrogen) atoms. The van der Waals surface area contributed by atoms with E-state index in [9.17, 15) is 0 Å². The summed E-state index contributed by atoms with van der Waals surface area (Å²) >= 11 is 3.65. The molecule has 0 amide bonds. The minimum absolute atomic E-state index is 0.0417. The first-order chi connectivity index (χ1) is 71.4. The molecule has 17 aromatic rings. The summed E-state index contributed by atoms with van der Waals surface area (Å²) < 4.78 is 0. The third-order valence-corrected chi connectivity index (χ3v) is 33.3. The van der Waals surface area contributed by atoms with E-state index in [2.05, 4.69) is 502 Å². The van der Waals surface area contributed by atoms with Crippen LogP contribution in [0.3, 0.4) is 0 Å². The minimum Gasteiger partial charge on any atom is -0.311 e. The van der Waals surface area contributed by atoms with Crippen LogP contribution in [0.5, 0.6) is 0 Å². The molecule has 0 atom stereocenters. The van der Waals surface area contributed by atoms with Crippen molar-refractivity contribution in [2.24, 2.45) is 0 Å². The highest BCUT2D eigenvalue weighted by Gasteiger charge is 2.50. The number of fused-ring (bicyclic) bond motifs is 9. The second-order valence-electron chi connectivity index (χ2n) is 45.0. The smallest absolute Gasteiger partial charge is 0.0713 e. The van der Waals surface area contributed by atoms with Crippen molar-refractivity contribution in [3.8, 4) is 33.4 Å². The zero-order valence-electron chi connectivity index (χ0n) is 93.2. The van der Waals surface area contributed by atoms with Crippen LogP contribution >= 0.6 is 22.7 Å². The van der Waals surface area contributed by atoms with Crippen molar-refractivity contribution in [1.82, 2.24) is 0 Å². The number of nitrogens with zero attached hydrogens (tertiary/aromatic N) is 2. The van der Waals surface area contributed by atoms with Crippen molar-refractivity contribution < 1.29 is 0 Å². The van der Waals surface area contributed by atoms with E-state index < -0.39 is 5.41 Å². The largest absolute Gasteiger partial charge is 0.311 e. The Morgan fingerprint density at radius 3 is 1.04 bits per heavy atom. The lowest BCUT2D eigenvalue weighted by atomic mass is 9.66. The summed E-state index contributed by atoms with van der Waals surface area (Å²) in [7, 11) is 0. The Balaban J connectivity index is 0.000000151. The molecule has 0 spiro atoms. The average molecular weight is 1990 g/mol. The Bertz CT molecular complexity index is 7150. The Hall–Kier alpha value is -12.7. The van der Waals surface area contributed by atoms with Gasteiger partial charge in [-0.3, -0.25) is 0 Å². The van der Waals surface area contributed by atoms with Gasteiger partial charge in [0.05, 0.1) is 5.41 Å². The Labute approximate surface area is 898 Å². The first-order valence-electron chi connectivity index (χ1n) is 55.6. The van der Waals surface area contributed by atoms with Gasteiger partial charge < -0.3 is 9.80 Å². The number of aryl methyl sites for hydroxylation is 14. The average Bonchev–Trinajstić information content (AvgIpc) is 1.51. The minimum atomic E-state index is -0.437. The predicted molar refractivity (Wildman–Crippen MR) is 653 cm³/mol. The number of hydrogen-bond acceptors (Lipinski definition) is 4. The van der Waals surface area contributed by atoms with E-state index in [1.54, 1.807) is 11.1 Å². The summed E-state index contributed by atoms with van der Waals surface area (Å²) in [6.45, 7) is 49.5. The summed E-state index contributed by atoms with van der Waals surface area (Å²) in [6.07, 6.45) is 34.6. The summed E-state index contributed by atoms with van der Waals surface area (Å²) in [5, 5.41) is 5.53. The van der Waals surface area contributed by atoms with Gasteiger partial charge in [-0.1, -0.05) is 410 Å². The molecule has 4 heteroatoms. The van der Waals surface area contributed by atoms with E-state index in [-0.39, 0.29) is 16.2 Å². The van der Waals surface area contributed by atoms with Gasteiger partial charge in [0.25, 0.3) is 0 Å². The molecule has 15 aromatic carbocycles. The zero-order valence-corrected chi connectivity index (χ0v) is 94.8. The molecular weight excluding hydrogens is 1820 g/mol. The van der Waals surface area contributed by atoms with Crippen LogP contribution in [0.15, 0.2) is 315 Å². The quantitative estimate of drug-likeness (QED) is 0.0299. The van der Waals surface area contributed by atoms with Gasteiger partial charge in [0.1, 0.15) is 0 Å². The van der Waals surface area contributed by atoms with Crippen LogP contribution in [0.25, 0.3) is 79.2 Å². The number of thiophene rings is 2. The van der Waals surface area contributed by atoms with Crippen LogP contribution in [0.2, 0.25) is 0 Å². The molecule has 0 saturated heterocycles. The second-order valence-corrected chi connectivity index (χ2v) is 47.7. The molecule has 760 valence electrons. The standard InChI is InChI=1S/C58H74.C40H44N2.C28H26S2.C18H18/c1-11-13-15-17-19-21-35-57(36-22-20-18-16-14-12-2)51-37-41(3)23-33-47(51)49-40-54-50(39-52(49)57)48-34-24-42(4)38-53(48)58(54,45-29-25-43(26-30-45)55(5,6)7)46-31-27-44(28-32-46)56(8,9)10;1-5-7-9-33-15-23-37(24-16-33)41(35-19-11-31(3)12-20-35)39-27-29-40(30-28-39)42(36-21-13-32(4)14-22-36)38-25-17-34(18-26-38)10-8-6-2;1-19-5-6-20(2)27(17-19)28-18-23(10-15-25-13-7-21(3)29-25)9-11-24(28)12-16-26-14-8-22(4)30-26;1-11-5-7-15-16-8-6-12(2)10-18(16)14(4)13(3)17(15)9-11/h23-34,37-40H,11-22,35-36H2,1-10H3;11-30H,5-10H2,1-4H3;5-18H,1-4H3;5-10H,1-4H3/b;;15-10+,16-12+;. The first-order valence-corrected chi connectivity index (χ1v) is 57.3. The van der Waals surface area contributed by atoms with Gasteiger partial charge in [-0.2, -0.15) is 0 Å². The lowest BCUT2D eigenvalue weighted by molar-refractivity contribution is 0.397. The third-order valence-electron chi connectivity index (χ3n) is 31.3. The van der Waals surface area contributed by atoms with Crippen molar-refractivity contribution in [3.05, 3.63) is 457 Å². The second kappa shape index (κ2) is 48.7. The van der Waals surface area contributed by atoms with Gasteiger partial charge in [0.2, 0.25) is 0 Å². The van der Waals surface area contributed by atoms with Crippen LogP contribution in [-0.4, -0.2) is 0 Å². The van der Waals surface area contributed by atoms with E-state index in [0.717, 1.165) is 35.6 Å². The lowest BCUT2D eigenvalue weighted by Crippen LogP contribution is -2.29. The maximum atomic E-state index is 2.73. The van der Waals surface area contributed by atoms with Gasteiger partial charge >= 0.3 is 0 Å². The molecule has 2 aromatic heterocycles. The molecule has 0 bridgehead atoms. The molecule has 19 rings (SSSR count). The van der Waals surface area contributed by atoms with Crippen molar-refractivity contribution in [1.29, 1.82) is 0 Å². The summed E-state index contributed by atoms with van der Waals surface area (Å²) in [5.41, 5.74) is 45.2. The lowest BCUT2D eigenvalue weighted by Gasteiger charge is -2.36. The zero-order chi connectivity index (χ0) is 105. The molecule has 0 unspecified atom stereocenters. The summed E-state index contributed by atoms with van der Waals surface area (Å²) in [5.74, 6) is 0. The molecule has 0 saturated carbocycles. The van der Waals surface area contributed by atoms with Crippen LogP contribution < -0.4 is 9.80 Å². The fraction of sp³-hybridized carbons (Fsp3) is 0.319. The SMILES string of the molecule is CCCCCCCCC1(CCCCCCCC)c2cc(C)ccc2-c2cc3c(cc21)-c1ccc(C)cc1C3(c1ccc(C(C)(C)C)cc1)c1ccc(C(C)(C)C)cc1.CCCCc1ccc(N(c2ccc(C)cc2)c2ccc(N(c3ccc(C)cc3)c3ccc(CCCC)cc3)cc2)cc1.Cc1ccc(C)c(-c2cc(/C=C/c3ccc(C)s3)ccc2/C=C/c2ccc(C)s2)c1.Cc1ccc2c(c1)c(C)c(C)c1cc(C)ccc12. The van der Waals surface area contributed by atoms with Crippen molar-refractivity contribution in [2.45, 2.75) is 302 Å². The van der Waals surface area contributed by atoms with Crippen LogP contribution in [0, 0.1) is 83.1 Å². The van der Waals surface area contributed by atoms with Crippen molar-refractivity contribution in [3.63, 3.8) is 0 Å². The first kappa shape index (κ1) is 108. The molecule has 0 radical (unpaired) electrons. The summed E-state index contributed by atoms with van der Waals surface area (Å²) in [6, 6.07) is 120. The van der Waals surface area contributed by atoms with Gasteiger partial charge in [0, 0.05) is 59.0 Å². The van der Waals surface area contributed by atoms with E-state index in [0.29, 0.717) is 0 Å². The maximum Gasteiger partial charge on any atom is 0.0713 e. The van der Waals surface area contributed by atoms with Crippen molar-refractivity contribution in [2.75, 3.05) is 9.80 Å². The topological polar surface area (TPSA) is 6.48 Å². The highest BCUT2D eigenvalue weighted by Crippen LogP contribution is 2.63. The van der Waals surface area contributed by atoms with E-state index >= 15 is 0 Å². The normalized spacial score (nSPS) is 12.7. The van der Waals surface area contributed by atoms with Crippen LogP contribution in [0.4, 0.5) is 34.1 Å². The number of benzene rings is 15. The molecule has 2 heterocycles. The maximum absolute atomic E-state index is 2.73. The van der Waals surface area contributed by atoms with E-state index in [1.165, 1.54) is 313 Å². The summed E-state index contributed by atoms with van der Waals surface area (Å²) in [4.78, 5) is 9.97. The molecule has 2 nitrogen and oxygen atoms in total. The van der Waals surface area contributed by atoms with Crippen molar-refractivity contribution >= 4 is 103 Å². The monoisotopic (exact) mass is 1980 g/mol. The molecule has 0 N–H and O–H groups in total. The van der Waals surface area contributed by atoms with E-state index in [4.69, 9.17) is 0 Å². The fourth-order valence-corrected chi connectivity index (χ4v) is 24.1. The highest BCUT2D eigenvalue weighted by atomic mass is 32.1. The third kappa shape index (κ3) is 25.0. The number of rotatable bonds is 33. The van der Waals surface area contributed by atoms with Gasteiger partial charge in [-0.05, 0) is 398 Å². The molecule has 2 aliphatic carbocycles. The van der Waals surface area contributed by atoms with Gasteiger partial charge in [0.15, 0.2) is 0 Å². The van der Waals surface area contributed by atoms with E-state index in [1.807, 2.05) is 22.7 Å². The Kier molecular flexibility index (Phi) is 35.6. The van der Waals surface area contributed by atoms with Gasteiger partial charge in [-0.15, -0.1) is 22.7 Å². The molecule has 0 aliphatic heterocycles. The Morgan fingerprint density at radius 1 is 0.257 bits per heavy atom. The molecule has 0 fully saturated rings. The van der Waals surface area contributed by atoms with Gasteiger partial charge in [-0.25, -0.2) is 0 Å². The van der Waals surface area contributed by atoms with Crippen LogP contribution in [-0.2, 0) is 34.5 Å². The molecular formula is C144H162N2S2.